The summed E-state index contributed by atoms with van der Waals surface area (Å²) in [5, 5.41) is 17.8. The van der Waals surface area contributed by atoms with E-state index < -0.39 is 17.7 Å². The zero-order valence-corrected chi connectivity index (χ0v) is 16.4. The quantitative estimate of drug-likeness (QED) is 0.568. The SMILES string of the molecule is COc1cc(F)c(C(=Nc2ccc(C#N)c(F)c2)C(=NC(=O)O)SC)cc1OC. The Hall–Kier alpha value is -3.45. The van der Waals surface area contributed by atoms with Crippen LogP contribution < -0.4 is 9.47 Å². The summed E-state index contributed by atoms with van der Waals surface area (Å²) >= 11 is 0.918. The van der Waals surface area contributed by atoms with Crippen molar-refractivity contribution in [2.24, 2.45) is 9.98 Å². The highest BCUT2D eigenvalue weighted by Crippen LogP contribution is 2.32. The lowest BCUT2D eigenvalue weighted by atomic mass is 10.1. The van der Waals surface area contributed by atoms with E-state index in [1.54, 1.807) is 6.07 Å². The molecule has 2 aromatic rings. The highest BCUT2D eigenvalue weighted by molar-refractivity contribution is 8.15. The zero-order valence-electron chi connectivity index (χ0n) is 15.6. The maximum Gasteiger partial charge on any atom is 0.432 e. The van der Waals surface area contributed by atoms with Crippen LogP contribution in [0, 0.1) is 23.0 Å². The third kappa shape index (κ3) is 5.08. The lowest BCUT2D eigenvalue weighted by molar-refractivity contribution is 0.206. The topological polar surface area (TPSA) is 104 Å². The van der Waals surface area contributed by atoms with Crippen molar-refractivity contribution in [1.29, 1.82) is 5.26 Å². The van der Waals surface area contributed by atoms with Crippen LogP contribution >= 0.6 is 11.8 Å². The molecule has 0 atom stereocenters. The molecule has 150 valence electrons. The van der Waals surface area contributed by atoms with Gasteiger partial charge in [0.25, 0.3) is 0 Å². The minimum absolute atomic E-state index is 0.0397. The smallest absolute Gasteiger partial charge is 0.432 e. The molecule has 2 aromatic carbocycles. The Morgan fingerprint density at radius 2 is 1.79 bits per heavy atom. The lowest BCUT2D eigenvalue weighted by Gasteiger charge is -2.13. The van der Waals surface area contributed by atoms with Gasteiger partial charge in [0.2, 0.25) is 0 Å². The maximum atomic E-state index is 14.8. The highest BCUT2D eigenvalue weighted by atomic mass is 32.2. The van der Waals surface area contributed by atoms with Crippen molar-refractivity contribution < 1.29 is 28.2 Å². The Bertz CT molecular complexity index is 1050. The number of nitriles is 1. The van der Waals surface area contributed by atoms with Crippen LogP contribution in [-0.2, 0) is 0 Å². The molecule has 0 aliphatic rings. The summed E-state index contributed by atoms with van der Waals surface area (Å²) in [5.41, 5.74) is -0.422. The van der Waals surface area contributed by atoms with E-state index in [9.17, 15) is 13.6 Å². The van der Waals surface area contributed by atoms with Gasteiger partial charge in [-0.05, 0) is 24.5 Å². The molecule has 0 saturated carbocycles. The Labute approximate surface area is 169 Å². The number of carbonyl (C=O) groups is 1. The molecule has 0 saturated heterocycles. The Morgan fingerprint density at radius 3 is 2.31 bits per heavy atom. The number of methoxy groups -OCH3 is 2. The fourth-order valence-corrected chi connectivity index (χ4v) is 2.85. The van der Waals surface area contributed by atoms with Crippen LogP contribution in [-0.4, -0.2) is 42.4 Å². The van der Waals surface area contributed by atoms with Crippen molar-refractivity contribution in [2.75, 3.05) is 20.5 Å². The first kappa shape index (κ1) is 21.8. The molecule has 0 radical (unpaired) electrons. The first-order valence-electron chi connectivity index (χ1n) is 7.90. The zero-order chi connectivity index (χ0) is 21.6. The average Bonchev–Trinajstić information content (AvgIpc) is 2.70. The van der Waals surface area contributed by atoms with Gasteiger partial charge in [0.15, 0.2) is 11.5 Å². The predicted molar refractivity (Wildman–Crippen MR) is 106 cm³/mol. The van der Waals surface area contributed by atoms with Gasteiger partial charge in [0.1, 0.15) is 28.5 Å². The van der Waals surface area contributed by atoms with Gasteiger partial charge in [-0.2, -0.15) is 10.3 Å². The van der Waals surface area contributed by atoms with Crippen molar-refractivity contribution in [3.63, 3.8) is 0 Å². The van der Waals surface area contributed by atoms with E-state index in [4.69, 9.17) is 19.8 Å². The van der Waals surface area contributed by atoms with Crippen LogP contribution in [0.2, 0.25) is 0 Å². The van der Waals surface area contributed by atoms with E-state index in [0.29, 0.717) is 0 Å². The summed E-state index contributed by atoms with van der Waals surface area (Å²) in [6.07, 6.45) is 0.0314. The number of ether oxygens (including phenoxy) is 2. The summed E-state index contributed by atoms with van der Waals surface area (Å²) in [5.74, 6) is -1.29. The number of nitrogens with zero attached hydrogens (tertiary/aromatic N) is 3. The van der Waals surface area contributed by atoms with Gasteiger partial charge >= 0.3 is 6.09 Å². The lowest BCUT2D eigenvalue weighted by Crippen LogP contribution is -2.16. The van der Waals surface area contributed by atoms with Gasteiger partial charge in [0.05, 0.1) is 25.5 Å². The largest absolute Gasteiger partial charge is 0.493 e. The second kappa shape index (κ2) is 9.66. The van der Waals surface area contributed by atoms with E-state index in [1.165, 1.54) is 38.7 Å². The van der Waals surface area contributed by atoms with Gasteiger partial charge in [-0.25, -0.2) is 18.6 Å². The third-order valence-corrected chi connectivity index (χ3v) is 4.31. The number of aliphatic imine (C=N–C) groups is 2. The predicted octanol–water partition coefficient (Wildman–Crippen LogP) is 4.41. The summed E-state index contributed by atoms with van der Waals surface area (Å²) < 4.78 is 39.0. The van der Waals surface area contributed by atoms with Crippen molar-refractivity contribution in [3.8, 4) is 17.6 Å². The molecule has 1 amide bonds. The minimum atomic E-state index is -1.51. The van der Waals surface area contributed by atoms with E-state index in [0.717, 1.165) is 23.9 Å². The molecule has 0 unspecified atom stereocenters. The molecule has 0 bridgehead atoms. The van der Waals surface area contributed by atoms with Gasteiger partial charge in [0, 0.05) is 17.7 Å². The van der Waals surface area contributed by atoms with E-state index in [1.807, 2.05) is 0 Å². The highest BCUT2D eigenvalue weighted by Gasteiger charge is 2.21. The summed E-state index contributed by atoms with van der Waals surface area (Å²) in [4.78, 5) is 18.8. The number of amides is 1. The van der Waals surface area contributed by atoms with E-state index >= 15 is 0 Å². The second-order valence-corrected chi connectivity index (χ2v) is 6.12. The van der Waals surface area contributed by atoms with E-state index in [-0.39, 0.29) is 39.1 Å². The van der Waals surface area contributed by atoms with Gasteiger partial charge < -0.3 is 14.6 Å². The minimum Gasteiger partial charge on any atom is -0.493 e. The van der Waals surface area contributed by atoms with Crippen LogP contribution in [0.4, 0.5) is 19.3 Å². The van der Waals surface area contributed by atoms with Crippen LogP contribution in [0.3, 0.4) is 0 Å². The van der Waals surface area contributed by atoms with Crippen LogP contribution in [0.25, 0.3) is 0 Å². The van der Waals surface area contributed by atoms with Crippen molar-refractivity contribution in [3.05, 3.63) is 53.1 Å². The molecule has 0 aliphatic heterocycles. The number of halogens is 2. The van der Waals surface area contributed by atoms with Gasteiger partial charge in [-0.15, -0.1) is 11.8 Å². The Kier molecular flexibility index (Phi) is 7.27. The summed E-state index contributed by atoms with van der Waals surface area (Å²) in [7, 11) is 2.69. The molecule has 1 N–H and O–H groups in total. The Balaban J connectivity index is 2.77. The maximum absolute atomic E-state index is 14.8. The molecule has 0 heterocycles. The van der Waals surface area contributed by atoms with Crippen LogP contribution in [0.5, 0.6) is 11.5 Å². The number of hydrogen-bond donors (Lipinski definition) is 1. The molecule has 7 nitrogen and oxygen atoms in total. The fraction of sp³-hybridized carbons (Fsp3) is 0.158. The van der Waals surface area contributed by atoms with Crippen molar-refractivity contribution in [2.45, 2.75) is 0 Å². The normalized spacial score (nSPS) is 11.7. The fourth-order valence-electron chi connectivity index (χ4n) is 2.33. The van der Waals surface area contributed by atoms with Crippen molar-refractivity contribution >= 4 is 34.3 Å². The second-order valence-electron chi connectivity index (χ2n) is 5.33. The molecule has 0 fully saturated rings. The molecule has 0 aromatic heterocycles. The van der Waals surface area contributed by atoms with E-state index in [2.05, 4.69) is 9.98 Å². The number of rotatable bonds is 5. The average molecular weight is 419 g/mol. The molecule has 0 aliphatic carbocycles. The van der Waals surface area contributed by atoms with Gasteiger partial charge in [-0.3, -0.25) is 0 Å². The summed E-state index contributed by atoms with van der Waals surface area (Å²) in [6, 6.07) is 7.56. The Morgan fingerprint density at radius 1 is 1.14 bits per heavy atom. The van der Waals surface area contributed by atoms with Crippen LogP contribution in [0.15, 0.2) is 40.3 Å². The first-order chi connectivity index (χ1) is 13.8. The molecular weight excluding hydrogens is 404 g/mol. The molecular formula is C19H15F2N3O4S. The monoisotopic (exact) mass is 419 g/mol. The number of benzene rings is 2. The first-order valence-corrected chi connectivity index (χ1v) is 9.13. The van der Waals surface area contributed by atoms with Crippen LogP contribution in [0.1, 0.15) is 11.1 Å². The third-order valence-electron chi connectivity index (χ3n) is 3.64. The van der Waals surface area contributed by atoms with Gasteiger partial charge in [-0.1, -0.05) is 0 Å². The van der Waals surface area contributed by atoms with Crippen molar-refractivity contribution in [1.82, 2.24) is 0 Å². The number of hydrogen-bond acceptors (Lipinski definition) is 6. The molecule has 0 spiro atoms. The molecule has 29 heavy (non-hydrogen) atoms. The number of thioether (sulfide) groups is 1. The number of carboxylic acid groups (broad SMARTS) is 1. The molecule has 10 heteroatoms. The summed E-state index contributed by atoms with van der Waals surface area (Å²) in [6.45, 7) is 0. The standard InChI is InChI=1S/C19H15F2N3O4S/c1-27-15-7-12(14(21)8-16(15)28-2)17(18(29-3)24-19(25)26)23-11-5-4-10(9-22)13(20)6-11/h4-8H,1-3H3,(H,25,26). The molecule has 2 rings (SSSR count).